The molecule has 1 atom stereocenters. The van der Waals surface area contributed by atoms with Crippen LogP contribution in [0.2, 0.25) is 0 Å². The van der Waals surface area contributed by atoms with E-state index in [2.05, 4.69) is 20.4 Å². The third-order valence-corrected chi connectivity index (χ3v) is 3.49. The fourth-order valence-electron chi connectivity index (χ4n) is 2.36. The first kappa shape index (κ1) is 16.9. The standard InChI is InChI=1S/C15H21N5O3/c1-4-12(10(2)21)20-9-8-17-14(15(20)22)16-7-5-6-13-18-11(3)19-23-13/h8-9,12H,4-7H2,1-3H3,(H,16,17)/t12-/m0/s1. The number of Topliss-reactive ketones (excluding diaryl/α,β-unsaturated/α-hetero) is 1. The molecule has 124 valence electrons. The lowest BCUT2D eigenvalue weighted by Gasteiger charge is -2.15. The van der Waals surface area contributed by atoms with E-state index in [1.165, 1.54) is 17.7 Å². The van der Waals surface area contributed by atoms with Crippen molar-refractivity contribution >= 4 is 11.6 Å². The lowest BCUT2D eigenvalue weighted by atomic mass is 10.1. The van der Waals surface area contributed by atoms with Gasteiger partial charge in [-0.25, -0.2) is 4.98 Å². The van der Waals surface area contributed by atoms with Crippen LogP contribution in [0.1, 0.15) is 44.4 Å². The maximum atomic E-state index is 12.4. The maximum Gasteiger partial charge on any atom is 0.293 e. The smallest absolute Gasteiger partial charge is 0.293 e. The zero-order valence-corrected chi connectivity index (χ0v) is 13.6. The molecule has 0 radical (unpaired) electrons. The molecule has 0 aromatic carbocycles. The largest absolute Gasteiger partial charge is 0.365 e. The van der Waals surface area contributed by atoms with Crippen molar-refractivity contribution in [3.8, 4) is 0 Å². The highest BCUT2D eigenvalue weighted by molar-refractivity contribution is 5.79. The molecule has 0 fully saturated rings. The number of ketones is 1. The van der Waals surface area contributed by atoms with Gasteiger partial charge < -0.3 is 14.4 Å². The van der Waals surface area contributed by atoms with Crippen LogP contribution in [-0.4, -0.2) is 32.0 Å². The lowest BCUT2D eigenvalue weighted by Crippen LogP contribution is -2.30. The van der Waals surface area contributed by atoms with Crippen LogP contribution < -0.4 is 10.9 Å². The molecular formula is C15H21N5O3. The normalized spacial score (nSPS) is 12.1. The first-order valence-corrected chi connectivity index (χ1v) is 7.63. The second-order valence-corrected chi connectivity index (χ2v) is 5.29. The van der Waals surface area contributed by atoms with Crippen LogP contribution in [0, 0.1) is 6.92 Å². The van der Waals surface area contributed by atoms with Crippen molar-refractivity contribution < 1.29 is 9.32 Å². The average Bonchev–Trinajstić information content (AvgIpc) is 2.92. The fraction of sp³-hybridized carbons (Fsp3) is 0.533. The SMILES string of the molecule is CC[C@@H](C(C)=O)n1ccnc(NCCCc2nc(C)no2)c1=O. The van der Waals surface area contributed by atoms with Gasteiger partial charge >= 0.3 is 0 Å². The zero-order valence-electron chi connectivity index (χ0n) is 13.6. The highest BCUT2D eigenvalue weighted by Crippen LogP contribution is 2.10. The van der Waals surface area contributed by atoms with Crippen molar-refractivity contribution in [1.82, 2.24) is 19.7 Å². The second-order valence-electron chi connectivity index (χ2n) is 5.29. The minimum atomic E-state index is -0.451. The van der Waals surface area contributed by atoms with Gasteiger partial charge in [0.2, 0.25) is 5.89 Å². The van der Waals surface area contributed by atoms with E-state index in [4.69, 9.17) is 4.52 Å². The number of nitrogens with zero attached hydrogens (tertiary/aromatic N) is 4. The van der Waals surface area contributed by atoms with Crippen LogP contribution in [0.5, 0.6) is 0 Å². The molecule has 8 nitrogen and oxygen atoms in total. The molecule has 0 aliphatic rings. The molecule has 2 rings (SSSR count). The molecule has 2 aromatic heterocycles. The molecule has 0 bridgehead atoms. The van der Waals surface area contributed by atoms with Crippen LogP contribution in [0.25, 0.3) is 0 Å². The van der Waals surface area contributed by atoms with Crippen LogP contribution >= 0.6 is 0 Å². The molecule has 0 aliphatic carbocycles. The third kappa shape index (κ3) is 4.24. The fourth-order valence-corrected chi connectivity index (χ4v) is 2.36. The topological polar surface area (TPSA) is 103 Å². The molecule has 2 heterocycles. The number of hydrogen-bond acceptors (Lipinski definition) is 7. The maximum absolute atomic E-state index is 12.4. The van der Waals surface area contributed by atoms with E-state index >= 15 is 0 Å². The van der Waals surface area contributed by atoms with Crippen LogP contribution in [0.4, 0.5) is 5.82 Å². The van der Waals surface area contributed by atoms with E-state index in [1.54, 1.807) is 13.1 Å². The Morgan fingerprint density at radius 3 is 2.87 bits per heavy atom. The van der Waals surface area contributed by atoms with Crippen molar-refractivity contribution in [2.24, 2.45) is 0 Å². The van der Waals surface area contributed by atoms with E-state index in [-0.39, 0.29) is 17.2 Å². The Kier molecular flexibility index (Phi) is 5.61. The molecule has 2 aromatic rings. The highest BCUT2D eigenvalue weighted by atomic mass is 16.5. The summed E-state index contributed by atoms with van der Waals surface area (Å²) >= 11 is 0. The van der Waals surface area contributed by atoms with E-state index in [9.17, 15) is 9.59 Å². The van der Waals surface area contributed by atoms with Gasteiger partial charge in [0.1, 0.15) is 0 Å². The molecule has 0 unspecified atom stereocenters. The number of anilines is 1. The number of hydrogen-bond donors (Lipinski definition) is 1. The summed E-state index contributed by atoms with van der Waals surface area (Å²) in [6.07, 6.45) is 4.98. The summed E-state index contributed by atoms with van der Waals surface area (Å²) in [5.74, 6) is 1.38. The minimum absolute atomic E-state index is 0.0430. The monoisotopic (exact) mass is 319 g/mol. The number of aromatic nitrogens is 4. The number of carbonyl (C=O) groups excluding carboxylic acids is 1. The van der Waals surface area contributed by atoms with Gasteiger partial charge in [-0.3, -0.25) is 9.59 Å². The van der Waals surface area contributed by atoms with Gasteiger partial charge in [0.05, 0.1) is 6.04 Å². The summed E-state index contributed by atoms with van der Waals surface area (Å²) in [5, 5.41) is 6.72. The Hall–Kier alpha value is -2.51. The number of nitrogens with one attached hydrogen (secondary N) is 1. The Bertz CT molecular complexity index is 722. The second kappa shape index (κ2) is 7.66. The predicted octanol–water partition coefficient (Wildman–Crippen LogP) is 1.52. The van der Waals surface area contributed by atoms with E-state index in [0.29, 0.717) is 31.1 Å². The van der Waals surface area contributed by atoms with E-state index < -0.39 is 6.04 Å². The third-order valence-electron chi connectivity index (χ3n) is 3.49. The summed E-state index contributed by atoms with van der Waals surface area (Å²) < 4.78 is 6.45. The van der Waals surface area contributed by atoms with Crippen molar-refractivity contribution in [2.75, 3.05) is 11.9 Å². The first-order chi connectivity index (χ1) is 11.0. The van der Waals surface area contributed by atoms with Crippen LogP contribution in [-0.2, 0) is 11.2 Å². The Morgan fingerprint density at radius 1 is 1.48 bits per heavy atom. The van der Waals surface area contributed by atoms with Gasteiger partial charge in [-0.2, -0.15) is 4.98 Å². The number of aryl methyl sites for hydroxylation is 2. The minimum Gasteiger partial charge on any atom is -0.365 e. The summed E-state index contributed by atoms with van der Waals surface area (Å²) in [5.41, 5.74) is -0.289. The van der Waals surface area contributed by atoms with Gasteiger partial charge in [0.25, 0.3) is 5.56 Å². The van der Waals surface area contributed by atoms with Gasteiger partial charge in [-0.05, 0) is 26.7 Å². The average molecular weight is 319 g/mol. The predicted molar refractivity (Wildman–Crippen MR) is 84.4 cm³/mol. The van der Waals surface area contributed by atoms with Crippen LogP contribution in [0.3, 0.4) is 0 Å². The molecule has 0 saturated heterocycles. The van der Waals surface area contributed by atoms with E-state index in [1.807, 2.05) is 6.92 Å². The molecule has 23 heavy (non-hydrogen) atoms. The summed E-state index contributed by atoms with van der Waals surface area (Å²) in [6, 6.07) is -0.451. The Balaban J connectivity index is 1.98. The van der Waals surface area contributed by atoms with Gasteiger partial charge in [-0.15, -0.1) is 0 Å². The molecule has 0 amide bonds. The first-order valence-electron chi connectivity index (χ1n) is 7.63. The Labute approximate surface area is 133 Å². The summed E-state index contributed by atoms with van der Waals surface area (Å²) in [6.45, 7) is 5.67. The molecule has 0 aliphatic heterocycles. The molecular weight excluding hydrogens is 298 g/mol. The molecule has 0 saturated carbocycles. The number of rotatable bonds is 8. The van der Waals surface area contributed by atoms with Gasteiger partial charge in [-0.1, -0.05) is 12.1 Å². The summed E-state index contributed by atoms with van der Waals surface area (Å²) in [4.78, 5) is 32.2. The van der Waals surface area contributed by atoms with Gasteiger partial charge in [0, 0.05) is 25.4 Å². The number of carbonyl (C=O) groups is 1. The van der Waals surface area contributed by atoms with Crippen molar-refractivity contribution in [1.29, 1.82) is 0 Å². The zero-order chi connectivity index (χ0) is 16.8. The Morgan fingerprint density at radius 2 is 2.26 bits per heavy atom. The quantitative estimate of drug-likeness (QED) is 0.736. The highest BCUT2D eigenvalue weighted by Gasteiger charge is 2.17. The summed E-state index contributed by atoms with van der Waals surface area (Å²) in [7, 11) is 0. The molecule has 0 spiro atoms. The lowest BCUT2D eigenvalue weighted by molar-refractivity contribution is -0.120. The van der Waals surface area contributed by atoms with Crippen molar-refractivity contribution in [3.63, 3.8) is 0 Å². The van der Waals surface area contributed by atoms with Crippen molar-refractivity contribution in [3.05, 3.63) is 34.5 Å². The van der Waals surface area contributed by atoms with Crippen molar-refractivity contribution in [2.45, 2.75) is 46.1 Å². The van der Waals surface area contributed by atoms with Crippen LogP contribution in [0.15, 0.2) is 21.7 Å². The van der Waals surface area contributed by atoms with Gasteiger partial charge in [0.15, 0.2) is 17.4 Å². The van der Waals surface area contributed by atoms with E-state index in [0.717, 1.165) is 6.42 Å². The molecule has 1 N–H and O–H groups in total. The molecule has 8 heteroatoms.